The Morgan fingerprint density at radius 1 is 1.14 bits per heavy atom. The minimum atomic E-state index is 0.230. The molecule has 0 aliphatic heterocycles. The van der Waals surface area contributed by atoms with E-state index in [-0.39, 0.29) is 6.04 Å². The van der Waals surface area contributed by atoms with Crippen LogP contribution in [0.3, 0.4) is 0 Å². The van der Waals surface area contributed by atoms with E-state index in [1.54, 1.807) is 7.11 Å². The average Bonchev–Trinajstić information content (AvgIpc) is 2.51. The SMILES string of the molecule is CNC(c1ccc(CCOC)cc1)c1cccc(C)c1I. The Morgan fingerprint density at radius 3 is 2.48 bits per heavy atom. The van der Waals surface area contributed by atoms with Gasteiger partial charge in [0.1, 0.15) is 0 Å². The monoisotopic (exact) mass is 395 g/mol. The number of nitrogens with one attached hydrogen (secondary N) is 1. The largest absolute Gasteiger partial charge is 0.384 e. The second kappa shape index (κ2) is 7.92. The van der Waals surface area contributed by atoms with Crippen molar-refractivity contribution in [1.82, 2.24) is 5.32 Å². The van der Waals surface area contributed by atoms with E-state index in [1.165, 1.54) is 25.8 Å². The molecule has 0 amide bonds. The molecule has 0 bridgehead atoms. The minimum Gasteiger partial charge on any atom is -0.384 e. The van der Waals surface area contributed by atoms with Gasteiger partial charge in [0, 0.05) is 10.7 Å². The summed E-state index contributed by atoms with van der Waals surface area (Å²) in [5, 5.41) is 3.44. The maximum Gasteiger partial charge on any atom is 0.0584 e. The summed E-state index contributed by atoms with van der Waals surface area (Å²) in [6, 6.07) is 15.5. The number of rotatable bonds is 6. The van der Waals surface area contributed by atoms with Gasteiger partial charge in [0.05, 0.1) is 12.6 Å². The van der Waals surface area contributed by atoms with Gasteiger partial charge in [-0.3, -0.25) is 0 Å². The smallest absolute Gasteiger partial charge is 0.0584 e. The van der Waals surface area contributed by atoms with Crippen LogP contribution >= 0.6 is 22.6 Å². The predicted octanol–water partition coefficient (Wildman–Crippen LogP) is 4.10. The molecule has 0 fully saturated rings. The standard InChI is InChI=1S/C18H22INO/c1-13-5-4-6-16(17(13)19)18(20-2)15-9-7-14(8-10-15)11-12-21-3/h4-10,18,20H,11-12H2,1-3H3. The zero-order valence-electron chi connectivity index (χ0n) is 12.8. The van der Waals surface area contributed by atoms with Gasteiger partial charge in [0.2, 0.25) is 0 Å². The summed E-state index contributed by atoms with van der Waals surface area (Å²) in [6.45, 7) is 2.93. The number of hydrogen-bond donors (Lipinski definition) is 1. The van der Waals surface area contributed by atoms with Crippen LogP contribution in [-0.2, 0) is 11.2 Å². The van der Waals surface area contributed by atoms with E-state index < -0.39 is 0 Å². The van der Waals surface area contributed by atoms with Gasteiger partial charge in [0.15, 0.2) is 0 Å². The Labute approximate surface area is 141 Å². The molecule has 1 atom stereocenters. The van der Waals surface area contributed by atoms with E-state index in [9.17, 15) is 0 Å². The van der Waals surface area contributed by atoms with Gasteiger partial charge < -0.3 is 10.1 Å². The van der Waals surface area contributed by atoms with Crippen molar-refractivity contribution in [3.63, 3.8) is 0 Å². The van der Waals surface area contributed by atoms with Crippen molar-refractivity contribution in [2.24, 2.45) is 0 Å². The molecule has 0 saturated heterocycles. The van der Waals surface area contributed by atoms with Gasteiger partial charge in [-0.25, -0.2) is 0 Å². The van der Waals surface area contributed by atoms with Crippen LogP contribution in [0.15, 0.2) is 42.5 Å². The number of ether oxygens (including phenoxy) is 1. The first-order valence-corrected chi connectivity index (χ1v) is 8.25. The number of hydrogen-bond acceptors (Lipinski definition) is 2. The van der Waals surface area contributed by atoms with Crippen LogP contribution in [0.2, 0.25) is 0 Å². The van der Waals surface area contributed by atoms with Gasteiger partial charge in [-0.2, -0.15) is 0 Å². The summed E-state index contributed by atoms with van der Waals surface area (Å²) in [5.74, 6) is 0. The van der Waals surface area contributed by atoms with Crippen molar-refractivity contribution in [2.75, 3.05) is 20.8 Å². The molecule has 0 aliphatic rings. The molecule has 2 nitrogen and oxygen atoms in total. The highest BCUT2D eigenvalue weighted by Gasteiger charge is 2.15. The van der Waals surface area contributed by atoms with Crippen LogP contribution in [0.4, 0.5) is 0 Å². The second-order valence-corrected chi connectivity index (χ2v) is 6.26. The van der Waals surface area contributed by atoms with Crippen molar-refractivity contribution < 1.29 is 4.74 Å². The van der Waals surface area contributed by atoms with Gasteiger partial charge in [-0.15, -0.1) is 0 Å². The fourth-order valence-electron chi connectivity index (χ4n) is 2.49. The molecule has 2 aromatic carbocycles. The average molecular weight is 395 g/mol. The Balaban J connectivity index is 2.27. The maximum atomic E-state index is 5.13. The Kier molecular flexibility index (Phi) is 6.21. The van der Waals surface area contributed by atoms with Crippen LogP contribution in [0.5, 0.6) is 0 Å². The van der Waals surface area contributed by atoms with E-state index in [1.807, 2.05) is 7.05 Å². The fraction of sp³-hybridized carbons (Fsp3) is 0.333. The lowest BCUT2D eigenvalue weighted by Crippen LogP contribution is -2.19. The van der Waals surface area contributed by atoms with Gasteiger partial charge >= 0.3 is 0 Å². The summed E-state index contributed by atoms with van der Waals surface area (Å²) in [4.78, 5) is 0. The lowest BCUT2D eigenvalue weighted by atomic mass is 9.96. The minimum absolute atomic E-state index is 0.230. The molecule has 3 heteroatoms. The molecule has 112 valence electrons. The molecular formula is C18H22INO. The van der Waals surface area contributed by atoms with E-state index in [0.717, 1.165) is 13.0 Å². The third kappa shape index (κ3) is 4.05. The highest BCUT2D eigenvalue weighted by molar-refractivity contribution is 14.1. The summed E-state index contributed by atoms with van der Waals surface area (Å²) < 4.78 is 6.46. The van der Waals surface area contributed by atoms with E-state index in [2.05, 4.69) is 77.3 Å². The van der Waals surface area contributed by atoms with Gasteiger partial charge in [0.25, 0.3) is 0 Å². The molecule has 1 N–H and O–H groups in total. The summed E-state index contributed by atoms with van der Waals surface area (Å²) in [5.41, 5.74) is 5.27. The predicted molar refractivity (Wildman–Crippen MR) is 96.8 cm³/mol. The summed E-state index contributed by atoms with van der Waals surface area (Å²) >= 11 is 2.44. The Morgan fingerprint density at radius 2 is 1.86 bits per heavy atom. The van der Waals surface area contributed by atoms with Crippen LogP contribution in [-0.4, -0.2) is 20.8 Å². The van der Waals surface area contributed by atoms with Crippen LogP contribution in [0, 0.1) is 10.5 Å². The first kappa shape index (κ1) is 16.5. The Hall–Kier alpha value is -0.910. The van der Waals surface area contributed by atoms with E-state index >= 15 is 0 Å². The molecule has 0 aromatic heterocycles. The van der Waals surface area contributed by atoms with E-state index in [0.29, 0.717) is 0 Å². The van der Waals surface area contributed by atoms with Crippen LogP contribution in [0.1, 0.15) is 28.3 Å². The first-order chi connectivity index (χ1) is 10.2. The highest BCUT2D eigenvalue weighted by Crippen LogP contribution is 2.28. The second-order valence-electron chi connectivity index (χ2n) is 5.18. The van der Waals surface area contributed by atoms with Crippen molar-refractivity contribution >= 4 is 22.6 Å². The fourth-order valence-corrected chi connectivity index (χ4v) is 3.16. The number of halogens is 1. The molecule has 1 unspecified atom stereocenters. The number of aryl methyl sites for hydroxylation is 1. The maximum absolute atomic E-state index is 5.13. The molecule has 0 aliphatic carbocycles. The zero-order valence-corrected chi connectivity index (χ0v) is 15.0. The molecule has 0 radical (unpaired) electrons. The molecular weight excluding hydrogens is 373 g/mol. The number of methoxy groups -OCH3 is 1. The molecule has 0 spiro atoms. The lowest BCUT2D eigenvalue weighted by molar-refractivity contribution is 0.202. The third-order valence-electron chi connectivity index (χ3n) is 3.73. The van der Waals surface area contributed by atoms with Gasteiger partial charge in [-0.05, 0) is 65.2 Å². The summed E-state index contributed by atoms with van der Waals surface area (Å²) in [7, 11) is 3.76. The lowest BCUT2D eigenvalue weighted by Gasteiger charge is -2.20. The van der Waals surface area contributed by atoms with E-state index in [4.69, 9.17) is 4.74 Å². The molecule has 21 heavy (non-hydrogen) atoms. The van der Waals surface area contributed by atoms with Crippen molar-refractivity contribution in [2.45, 2.75) is 19.4 Å². The quantitative estimate of drug-likeness (QED) is 0.744. The van der Waals surface area contributed by atoms with Gasteiger partial charge in [-0.1, -0.05) is 42.5 Å². The third-order valence-corrected chi connectivity index (χ3v) is 5.20. The van der Waals surface area contributed by atoms with Crippen LogP contribution < -0.4 is 5.32 Å². The molecule has 2 aromatic rings. The highest BCUT2D eigenvalue weighted by atomic mass is 127. The zero-order chi connectivity index (χ0) is 15.2. The van der Waals surface area contributed by atoms with Crippen molar-refractivity contribution in [3.8, 4) is 0 Å². The van der Waals surface area contributed by atoms with Crippen molar-refractivity contribution in [1.29, 1.82) is 0 Å². The summed E-state index contributed by atoms with van der Waals surface area (Å²) in [6.07, 6.45) is 0.961. The molecule has 0 saturated carbocycles. The normalized spacial score (nSPS) is 12.4. The number of benzene rings is 2. The first-order valence-electron chi connectivity index (χ1n) is 7.17. The topological polar surface area (TPSA) is 21.3 Å². The molecule has 0 heterocycles. The Bertz CT molecular complexity index is 580. The van der Waals surface area contributed by atoms with Crippen LogP contribution in [0.25, 0.3) is 0 Å². The molecule has 2 rings (SSSR count). The van der Waals surface area contributed by atoms with Crippen molar-refractivity contribution in [3.05, 3.63) is 68.3 Å².